The largest absolute Gasteiger partial charge is 0.507 e. The lowest BCUT2D eigenvalue weighted by Crippen LogP contribution is -2.27. The molecule has 2 heterocycles. The Bertz CT molecular complexity index is 1080. The van der Waals surface area contributed by atoms with Crippen LogP contribution in [0.5, 0.6) is 28.7 Å². The minimum absolute atomic E-state index is 0.123. The molecule has 0 atom stereocenters. The molecule has 7 nitrogen and oxygen atoms in total. The van der Waals surface area contributed by atoms with E-state index < -0.39 is 11.4 Å². The van der Waals surface area contributed by atoms with Gasteiger partial charge in [-0.2, -0.15) is 0 Å². The Morgan fingerprint density at radius 2 is 1.87 bits per heavy atom. The maximum absolute atomic E-state index is 13.1. The summed E-state index contributed by atoms with van der Waals surface area (Å²) in [7, 11) is 2.93. The molecule has 0 amide bonds. The van der Waals surface area contributed by atoms with Gasteiger partial charge in [-0.05, 0) is 44.2 Å². The minimum Gasteiger partial charge on any atom is -0.507 e. The normalized spacial score (nSPS) is 15.9. The molecule has 2 aromatic rings. The van der Waals surface area contributed by atoms with Crippen molar-refractivity contribution in [3.05, 3.63) is 53.1 Å². The Kier molecular flexibility index (Phi) is 4.81. The smallest absolute Gasteiger partial charge is 0.231 e. The average molecular weight is 410 g/mol. The van der Waals surface area contributed by atoms with Gasteiger partial charge in [0.25, 0.3) is 0 Å². The highest BCUT2D eigenvalue weighted by molar-refractivity contribution is 6.12. The Morgan fingerprint density at radius 3 is 2.60 bits per heavy atom. The van der Waals surface area contributed by atoms with Crippen LogP contribution in [0.1, 0.15) is 35.3 Å². The van der Waals surface area contributed by atoms with Crippen LogP contribution in [-0.4, -0.2) is 37.5 Å². The summed E-state index contributed by atoms with van der Waals surface area (Å²) in [5.41, 5.74) is 0.760. The number of hydrogen-bond donors (Lipinski definition) is 1. The van der Waals surface area contributed by atoms with Gasteiger partial charge in [-0.15, -0.1) is 0 Å². The zero-order valence-corrected chi connectivity index (χ0v) is 17.1. The second kappa shape index (κ2) is 7.33. The number of aliphatic hydroxyl groups excluding tert-OH is 1. The van der Waals surface area contributed by atoms with E-state index in [1.807, 2.05) is 26.0 Å². The van der Waals surface area contributed by atoms with Crippen molar-refractivity contribution in [1.82, 2.24) is 0 Å². The van der Waals surface area contributed by atoms with E-state index in [-0.39, 0.29) is 23.9 Å². The molecule has 0 saturated heterocycles. The van der Waals surface area contributed by atoms with Gasteiger partial charge in [0, 0.05) is 17.7 Å². The van der Waals surface area contributed by atoms with E-state index >= 15 is 0 Å². The molecule has 0 aliphatic carbocycles. The highest BCUT2D eigenvalue weighted by atomic mass is 16.7. The van der Waals surface area contributed by atoms with E-state index in [0.717, 1.165) is 6.08 Å². The fourth-order valence-electron chi connectivity index (χ4n) is 3.41. The second-order valence-corrected chi connectivity index (χ2v) is 7.40. The van der Waals surface area contributed by atoms with Crippen LogP contribution in [0.25, 0.3) is 11.8 Å². The van der Waals surface area contributed by atoms with E-state index in [4.69, 9.17) is 23.7 Å². The van der Waals surface area contributed by atoms with Crippen molar-refractivity contribution in [2.24, 2.45) is 0 Å². The van der Waals surface area contributed by atoms with Crippen LogP contribution in [-0.2, 0) is 0 Å². The molecular weight excluding hydrogens is 388 g/mol. The molecule has 7 heteroatoms. The Balaban J connectivity index is 1.76. The summed E-state index contributed by atoms with van der Waals surface area (Å²) < 4.78 is 27.6. The summed E-state index contributed by atoms with van der Waals surface area (Å²) in [4.78, 5) is 13.1. The summed E-state index contributed by atoms with van der Waals surface area (Å²) in [5.74, 6) is 1.57. The van der Waals surface area contributed by atoms with E-state index in [0.29, 0.717) is 34.1 Å². The molecule has 0 aromatic heterocycles. The third-order valence-electron chi connectivity index (χ3n) is 4.88. The van der Waals surface area contributed by atoms with Crippen LogP contribution in [0.15, 0.2) is 36.4 Å². The van der Waals surface area contributed by atoms with Gasteiger partial charge in [-0.1, -0.05) is 0 Å². The van der Waals surface area contributed by atoms with E-state index in [2.05, 4.69) is 0 Å². The maximum Gasteiger partial charge on any atom is 0.231 e. The van der Waals surface area contributed by atoms with Crippen molar-refractivity contribution in [3.63, 3.8) is 0 Å². The molecule has 0 bridgehead atoms. The first kappa shape index (κ1) is 19.7. The number of fused-ring (bicyclic) bond motifs is 2. The standard InChI is InChI=1S/C23H22O7/c1-23(2)8-7-14-18(30-23)11-20(26-3)21(22(14)27-4)16(25)10-15(24)13-5-6-17-19(9-13)29-12-28-17/h5-11,24H,12H2,1-4H3. The maximum atomic E-state index is 13.1. The van der Waals surface area contributed by atoms with Crippen molar-refractivity contribution >= 4 is 17.6 Å². The molecule has 0 fully saturated rings. The molecular formula is C23H22O7. The predicted molar refractivity (Wildman–Crippen MR) is 111 cm³/mol. The number of carbonyl (C=O) groups excluding carboxylic acids is 1. The van der Waals surface area contributed by atoms with Gasteiger partial charge in [-0.25, -0.2) is 0 Å². The number of carbonyl (C=O) groups is 1. The lowest BCUT2D eigenvalue weighted by atomic mass is 9.96. The molecule has 4 rings (SSSR count). The summed E-state index contributed by atoms with van der Waals surface area (Å²) in [6.07, 6.45) is 4.87. The van der Waals surface area contributed by atoms with Gasteiger partial charge in [-0.3, -0.25) is 4.79 Å². The van der Waals surface area contributed by atoms with Crippen molar-refractivity contribution in [2.45, 2.75) is 19.4 Å². The number of allylic oxidation sites excluding steroid dienone is 1. The number of aliphatic hydroxyl groups is 1. The summed E-state index contributed by atoms with van der Waals surface area (Å²) in [5, 5.41) is 10.5. The molecule has 156 valence electrons. The molecule has 0 spiro atoms. The number of benzene rings is 2. The highest BCUT2D eigenvalue weighted by Crippen LogP contribution is 2.44. The third kappa shape index (κ3) is 3.43. The first-order valence-corrected chi connectivity index (χ1v) is 9.35. The fourth-order valence-corrected chi connectivity index (χ4v) is 3.41. The van der Waals surface area contributed by atoms with Crippen LogP contribution in [0.4, 0.5) is 0 Å². The van der Waals surface area contributed by atoms with E-state index in [1.54, 1.807) is 24.3 Å². The van der Waals surface area contributed by atoms with Crippen molar-refractivity contribution in [1.29, 1.82) is 0 Å². The second-order valence-electron chi connectivity index (χ2n) is 7.40. The van der Waals surface area contributed by atoms with Crippen LogP contribution in [0.2, 0.25) is 0 Å². The number of rotatable bonds is 5. The molecule has 1 N–H and O–H groups in total. The number of methoxy groups -OCH3 is 2. The van der Waals surface area contributed by atoms with Crippen molar-refractivity contribution in [3.8, 4) is 28.7 Å². The van der Waals surface area contributed by atoms with E-state index in [9.17, 15) is 9.90 Å². The minimum atomic E-state index is -0.494. The molecule has 0 unspecified atom stereocenters. The van der Waals surface area contributed by atoms with Gasteiger partial charge >= 0.3 is 0 Å². The van der Waals surface area contributed by atoms with Gasteiger partial charge < -0.3 is 28.8 Å². The highest BCUT2D eigenvalue weighted by Gasteiger charge is 2.29. The predicted octanol–water partition coefficient (Wildman–Crippen LogP) is 4.40. The molecule has 0 saturated carbocycles. The molecule has 2 aromatic carbocycles. The topological polar surface area (TPSA) is 83.5 Å². The number of ketones is 1. The van der Waals surface area contributed by atoms with Crippen LogP contribution in [0.3, 0.4) is 0 Å². The number of ether oxygens (including phenoxy) is 5. The summed E-state index contributed by atoms with van der Waals surface area (Å²) in [6, 6.07) is 6.59. The van der Waals surface area contributed by atoms with Crippen molar-refractivity contribution < 1.29 is 33.6 Å². The quantitative estimate of drug-likeness (QED) is 0.444. The van der Waals surface area contributed by atoms with Crippen LogP contribution in [0, 0.1) is 0 Å². The number of hydrogen-bond acceptors (Lipinski definition) is 7. The molecule has 0 radical (unpaired) electrons. The van der Waals surface area contributed by atoms with Crippen LogP contribution >= 0.6 is 0 Å². The van der Waals surface area contributed by atoms with Gasteiger partial charge in [0.15, 0.2) is 17.3 Å². The monoisotopic (exact) mass is 410 g/mol. The van der Waals surface area contributed by atoms with Crippen LogP contribution < -0.4 is 23.7 Å². The Hall–Kier alpha value is -3.61. The van der Waals surface area contributed by atoms with Gasteiger partial charge in [0.05, 0.1) is 19.8 Å². The van der Waals surface area contributed by atoms with E-state index in [1.165, 1.54) is 14.2 Å². The Morgan fingerprint density at radius 1 is 1.10 bits per heavy atom. The first-order valence-electron chi connectivity index (χ1n) is 9.35. The zero-order chi connectivity index (χ0) is 21.5. The summed E-state index contributed by atoms with van der Waals surface area (Å²) in [6.45, 7) is 3.98. The van der Waals surface area contributed by atoms with Gasteiger partial charge in [0.1, 0.15) is 34.2 Å². The fraction of sp³-hybridized carbons (Fsp3) is 0.261. The SMILES string of the molecule is COc1cc2c(c(OC)c1C(=O)C=C(O)c1ccc3c(c1)OCO3)C=CC(C)(C)O2. The first-order chi connectivity index (χ1) is 14.3. The molecule has 30 heavy (non-hydrogen) atoms. The lowest BCUT2D eigenvalue weighted by Gasteiger charge is -2.29. The molecule has 2 aliphatic rings. The van der Waals surface area contributed by atoms with Gasteiger partial charge in [0.2, 0.25) is 6.79 Å². The summed E-state index contributed by atoms with van der Waals surface area (Å²) >= 11 is 0. The van der Waals surface area contributed by atoms with Crippen molar-refractivity contribution in [2.75, 3.05) is 21.0 Å². The zero-order valence-electron chi connectivity index (χ0n) is 17.1. The third-order valence-corrected chi connectivity index (χ3v) is 4.88. The Labute approximate surface area is 174 Å². The average Bonchev–Trinajstić information content (AvgIpc) is 3.19. The molecule has 2 aliphatic heterocycles. The lowest BCUT2D eigenvalue weighted by molar-refractivity contribution is 0.104.